The molecule has 2 N–H and O–H groups in total. The van der Waals surface area contributed by atoms with Crippen LogP contribution in [-0.4, -0.2) is 11.1 Å². The van der Waals surface area contributed by atoms with E-state index in [1.807, 2.05) is 0 Å². The van der Waals surface area contributed by atoms with Gasteiger partial charge in [0, 0.05) is 11.4 Å². The van der Waals surface area contributed by atoms with Crippen LogP contribution in [0.15, 0.2) is 36.4 Å². The summed E-state index contributed by atoms with van der Waals surface area (Å²) in [7, 11) is 0. The van der Waals surface area contributed by atoms with Gasteiger partial charge in [-0.3, -0.25) is 0 Å². The number of carbonyl (C=O) groups is 1. The molecule has 2 rings (SSSR count). The minimum Gasteiger partial charge on any atom is -0.478 e. The van der Waals surface area contributed by atoms with Gasteiger partial charge in [0.25, 0.3) is 0 Å². The van der Waals surface area contributed by atoms with E-state index in [9.17, 15) is 9.18 Å². The molecule has 2 aromatic carbocycles. The predicted octanol–water partition coefficient (Wildman–Crippen LogP) is 4.23. The number of hydrogen-bond donors (Lipinski definition) is 2. The second-order valence-electron chi connectivity index (χ2n) is 4.09. The smallest absolute Gasteiger partial charge is 0.335 e. The number of hydrogen-bond acceptors (Lipinski definition) is 2. The standard InChI is InChI=1S/C14H11ClFNO2/c1-8-6-9(14(18)19)2-5-13(8)17-10-3-4-12(16)11(15)7-10/h2-7,17H,1H3,(H,18,19). The topological polar surface area (TPSA) is 49.3 Å². The Bertz CT molecular complexity index is 643. The van der Waals surface area contributed by atoms with E-state index in [0.717, 1.165) is 11.3 Å². The van der Waals surface area contributed by atoms with Gasteiger partial charge in [-0.05, 0) is 48.9 Å². The lowest BCUT2D eigenvalue weighted by Crippen LogP contribution is -1.99. The van der Waals surface area contributed by atoms with Gasteiger partial charge in [0.2, 0.25) is 0 Å². The summed E-state index contributed by atoms with van der Waals surface area (Å²) in [4.78, 5) is 10.8. The molecule has 0 heterocycles. The Hall–Kier alpha value is -2.07. The molecule has 0 aliphatic carbocycles. The van der Waals surface area contributed by atoms with E-state index >= 15 is 0 Å². The van der Waals surface area contributed by atoms with Crippen molar-refractivity contribution in [2.45, 2.75) is 6.92 Å². The molecule has 0 spiro atoms. The fourth-order valence-electron chi connectivity index (χ4n) is 1.67. The lowest BCUT2D eigenvalue weighted by atomic mass is 10.1. The van der Waals surface area contributed by atoms with E-state index in [4.69, 9.17) is 16.7 Å². The molecule has 3 nitrogen and oxygen atoms in total. The SMILES string of the molecule is Cc1cc(C(=O)O)ccc1Nc1ccc(F)c(Cl)c1. The first-order chi connectivity index (χ1) is 8.97. The van der Waals surface area contributed by atoms with Crippen molar-refractivity contribution in [3.05, 3.63) is 58.4 Å². The first kappa shape index (κ1) is 13.4. The van der Waals surface area contributed by atoms with Crippen molar-refractivity contribution in [3.63, 3.8) is 0 Å². The van der Waals surface area contributed by atoms with Crippen molar-refractivity contribution in [2.24, 2.45) is 0 Å². The second-order valence-corrected chi connectivity index (χ2v) is 4.50. The van der Waals surface area contributed by atoms with Crippen LogP contribution in [0.1, 0.15) is 15.9 Å². The zero-order valence-corrected chi connectivity index (χ0v) is 10.8. The first-order valence-electron chi connectivity index (χ1n) is 5.53. The largest absolute Gasteiger partial charge is 0.478 e. The first-order valence-corrected chi connectivity index (χ1v) is 5.91. The van der Waals surface area contributed by atoms with Crippen molar-refractivity contribution in [1.82, 2.24) is 0 Å². The number of carboxylic acids is 1. The van der Waals surface area contributed by atoms with E-state index in [-0.39, 0.29) is 10.6 Å². The van der Waals surface area contributed by atoms with Crippen molar-refractivity contribution >= 4 is 28.9 Å². The summed E-state index contributed by atoms with van der Waals surface area (Å²) in [5.74, 6) is -1.45. The minimum absolute atomic E-state index is 0.0322. The maximum atomic E-state index is 13.0. The van der Waals surface area contributed by atoms with Crippen LogP contribution in [0.4, 0.5) is 15.8 Å². The van der Waals surface area contributed by atoms with Crippen LogP contribution in [0.25, 0.3) is 0 Å². The Morgan fingerprint density at radius 3 is 2.58 bits per heavy atom. The van der Waals surface area contributed by atoms with Crippen LogP contribution in [0, 0.1) is 12.7 Å². The van der Waals surface area contributed by atoms with Crippen LogP contribution in [0.5, 0.6) is 0 Å². The van der Waals surface area contributed by atoms with Crippen molar-refractivity contribution in [3.8, 4) is 0 Å². The molecule has 0 aromatic heterocycles. The van der Waals surface area contributed by atoms with E-state index in [1.54, 1.807) is 25.1 Å². The van der Waals surface area contributed by atoms with Crippen LogP contribution in [-0.2, 0) is 0 Å². The lowest BCUT2D eigenvalue weighted by Gasteiger charge is -2.10. The van der Waals surface area contributed by atoms with E-state index in [2.05, 4.69) is 5.32 Å². The van der Waals surface area contributed by atoms with Crippen LogP contribution in [0.3, 0.4) is 0 Å². The van der Waals surface area contributed by atoms with Gasteiger partial charge in [-0.2, -0.15) is 0 Å². The van der Waals surface area contributed by atoms with Crippen LogP contribution in [0.2, 0.25) is 5.02 Å². The molecule has 19 heavy (non-hydrogen) atoms. The third kappa shape index (κ3) is 3.03. The Labute approximate surface area is 114 Å². The fraction of sp³-hybridized carbons (Fsp3) is 0.0714. The van der Waals surface area contributed by atoms with Gasteiger partial charge >= 0.3 is 5.97 Å². The highest BCUT2D eigenvalue weighted by Crippen LogP contribution is 2.25. The third-order valence-corrected chi connectivity index (χ3v) is 2.96. The zero-order chi connectivity index (χ0) is 14.0. The number of benzene rings is 2. The Morgan fingerprint density at radius 1 is 1.26 bits per heavy atom. The van der Waals surface area contributed by atoms with Crippen LogP contribution >= 0.6 is 11.6 Å². The normalized spacial score (nSPS) is 10.3. The van der Waals surface area contributed by atoms with E-state index in [1.165, 1.54) is 18.2 Å². The molecule has 0 saturated heterocycles. The molecule has 5 heteroatoms. The number of carboxylic acid groups (broad SMARTS) is 1. The maximum absolute atomic E-state index is 13.0. The van der Waals surface area contributed by atoms with Gasteiger partial charge in [-0.15, -0.1) is 0 Å². The number of halogens is 2. The van der Waals surface area contributed by atoms with Gasteiger partial charge in [-0.1, -0.05) is 11.6 Å². The highest BCUT2D eigenvalue weighted by Gasteiger charge is 2.07. The molecule has 0 atom stereocenters. The molecular formula is C14H11ClFNO2. The molecular weight excluding hydrogens is 269 g/mol. The predicted molar refractivity (Wildman–Crippen MR) is 72.8 cm³/mol. The Balaban J connectivity index is 2.28. The fourth-order valence-corrected chi connectivity index (χ4v) is 1.85. The average Bonchev–Trinajstić information content (AvgIpc) is 2.36. The summed E-state index contributed by atoms with van der Waals surface area (Å²) in [6, 6.07) is 9.04. The zero-order valence-electron chi connectivity index (χ0n) is 10.1. The van der Waals surface area contributed by atoms with Gasteiger partial charge in [-0.25, -0.2) is 9.18 Å². The summed E-state index contributed by atoms with van der Waals surface area (Å²) in [5, 5.41) is 12.0. The minimum atomic E-state index is -0.973. The second kappa shape index (κ2) is 5.28. The summed E-state index contributed by atoms with van der Waals surface area (Å²) in [6.45, 7) is 1.79. The summed E-state index contributed by atoms with van der Waals surface area (Å²) in [6.07, 6.45) is 0. The van der Waals surface area contributed by atoms with Crippen molar-refractivity contribution < 1.29 is 14.3 Å². The molecule has 0 unspecified atom stereocenters. The molecule has 0 fully saturated rings. The summed E-state index contributed by atoms with van der Waals surface area (Å²) in [5.41, 5.74) is 2.38. The number of nitrogens with one attached hydrogen (secondary N) is 1. The molecule has 0 radical (unpaired) electrons. The van der Waals surface area contributed by atoms with Crippen molar-refractivity contribution in [1.29, 1.82) is 0 Å². The maximum Gasteiger partial charge on any atom is 0.335 e. The van der Waals surface area contributed by atoms with E-state index < -0.39 is 11.8 Å². The monoisotopic (exact) mass is 279 g/mol. The highest BCUT2D eigenvalue weighted by atomic mass is 35.5. The van der Waals surface area contributed by atoms with Gasteiger partial charge in [0.15, 0.2) is 0 Å². The quantitative estimate of drug-likeness (QED) is 0.884. The lowest BCUT2D eigenvalue weighted by molar-refractivity contribution is 0.0697. The van der Waals surface area contributed by atoms with Crippen LogP contribution < -0.4 is 5.32 Å². The molecule has 98 valence electrons. The summed E-state index contributed by atoms with van der Waals surface area (Å²) < 4.78 is 13.0. The average molecular weight is 280 g/mol. The van der Waals surface area contributed by atoms with Crippen molar-refractivity contribution in [2.75, 3.05) is 5.32 Å². The summed E-state index contributed by atoms with van der Waals surface area (Å²) >= 11 is 5.69. The van der Waals surface area contributed by atoms with Gasteiger partial charge in [0.05, 0.1) is 10.6 Å². The molecule has 0 aliphatic rings. The van der Waals surface area contributed by atoms with E-state index in [0.29, 0.717) is 5.69 Å². The number of rotatable bonds is 3. The van der Waals surface area contributed by atoms with Gasteiger partial charge in [0.1, 0.15) is 5.82 Å². The molecule has 0 amide bonds. The highest BCUT2D eigenvalue weighted by molar-refractivity contribution is 6.31. The Morgan fingerprint density at radius 2 is 2.00 bits per heavy atom. The molecule has 0 bridgehead atoms. The number of aromatic carboxylic acids is 1. The number of anilines is 2. The number of aryl methyl sites for hydroxylation is 1. The molecule has 0 saturated carbocycles. The van der Waals surface area contributed by atoms with Gasteiger partial charge < -0.3 is 10.4 Å². The molecule has 0 aliphatic heterocycles. The molecule has 2 aromatic rings. The Kier molecular flexibility index (Phi) is 3.71. The third-order valence-electron chi connectivity index (χ3n) is 2.67.